The number of nitrogens with zero attached hydrogens (tertiary/aromatic N) is 2. The summed E-state index contributed by atoms with van der Waals surface area (Å²) >= 11 is 4.48. The predicted octanol–water partition coefficient (Wildman–Crippen LogP) is 2.04. The first-order valence-electron chi connectivity index (χ1n) is 8.18. The maximum atomic E-state index is 12.2. The summed E-state index contributed by atoms with van der Waals surface area (Å²) in [5.41, 5.74) is 0. The molecule has 7 nitrogen and oxygen atoms in total. The summed E-state index contributed by atoms with van der Waals surface area (Å²) in [4.78, 5) is 13.6. The SMILES string of the molecule is C[C@@H](Sc1nnc(NCCc2cccs2)s1)C(=O)N[C@@H]1CCS(=O)(=O)C1. The summed E-state index contributed by atoms with van der Waals surface area (Å²) in [5.74, 6) is 0.0170. The first kappa shape index (κ1) is 19.6. The van der Waals surface area contributed by atoms with Gasteiger partial charge < -0.3 is 10.6 Å². The van der Waals surface area contributed by atoms with Crippen molar-refractivity contribution in [3.63, 3.8) is 0 Å². The van der Waals surface area contributed by atoms with Crippen LogP contribution >= 0.6 is 34.4 Å². The molecule has 1 saturated heterocycles. The number of thioether (sulfide) groups is 1. The van der Waals surface area contributed by atoms with Crippen LogP contribution in [0.15, 0.2) is 21.9 Å². The number of carbonyl (C=O) groups is 1. The lowest BCUT2D eigenvalue weighted by Gasteiger charge is -2.14. The lowest BCUT2D eigenvalue weighted by molar-refractivity contribution is -0.120. The van der Waals surface area contributed by atoms with E-state index in [2.05, 4.69) is 32.3 Å². The minimum atomic E-state index is -3.00. The van der Waals surface area contributed by atoms with Crippen LogP contribution in [0.2, 0.25) is 0 Å². The molecule has 3 rings (SSSR count). The number of amides is 1. The molecule has 142 valence electrons. The maximum absolute atomic E-state index is 12.2. The van der Waals surface area contributed by atoms with Crippen molar-refractivity contribution in [3.8, 4) is 0 Å². The number of hydrogen-bond donors (Lipinski definition) is 2. The van der Waals surface area contributed by atoms with Crippen molar-refractivity contribution in [2.75, 3.05) is 23.4 Å². The summed E-state index contributed by atoms with van der Waals surface area (Å²) in [7, 11) is -3.00. The van der Waals surface area contributed by atoms with Gasteiger partial charge in [-0.2, -0.15) is 0 Å². The molecule has 1 fully saturated rings. The molecular weight excluding hydrogens is 412 g/mol. The summed E-state index contributed by atoms with van der Waals surface area (Å²) in [6, 6.07) is 3.86. The van der Waals surface area contributed by atoms with Gasteiger partial charge in [0.2, 0.25) is 11.0 Å². The van der Waals surface area contributed by atoms with E-state index in [0.717, 1.165) is 18.1 Å². The van der Waals surface area contributed by atoms with Gasteiger partial charge in [0.25, 0.3) is 0 Å². The van der Waals surface area contributed by atoms with Gasteiger partial charge >= 0.3 is 0 Å². The fourth-order valence-electron chi connectivity index (χ4n) is 2.51. The van der Waals surface area contributed by atoms with E-state index < -0.39 is 9.84 Å². The monoisotopic (exact) mass is 432 g/mol. The number of nitrogens with one attached hydrogen (secondary N) is 2. The molecule has 11 heteroatoms. The molecule has 0 saturated carbocycles. The van der Waals surface area contributed by atoms with Crippen LogP contribution in [0.1, 0.15) is 18.2 Å². The van der Waals surface area contributed by atoms with Crippen LogP contribution in [0.4, 0.5) is 5.13 Å². The van der Waals surface area contributed by atoms with Crippen LogP contribution in [0.3, 0.4) is 0 Å². The Morgan fingerprint density at radius 1 is 1.46 bits per heavy atom. The molecule has 0 aliphatic carbocycles. The average Bonchev–Trinajstić information content (AvgIpc) is 3.30. The number of hydrogen-bond acceptors (Lipinski definition) is 9. The topological polar surface area (TPSA) is 101 Å². The van der Waals surface area contributed by atoms with Gasteiger partial charge in [-0.3, -0.25) is 4.79 Å². The van der Waals surface area contributed by atoms with E-state index in [1.807, 2.05) is 6.07 Å². The van der Waals surface area contributed by atoms with Crippen molar-refractivity contribution in [3.05, 3.63) is 22.4 Å². The highest BCUT2D eigenvalue weighted by atomic mass is 32.2. The van der Waals surface area contributed by atoms with E-state index in [4.69, 9.17) is 0 Å². The first-order valence-corrected chi connectivity index (χ1v) is 12.6. The smallest absolute Gasteiger partial charge is 0.233 e. The Bertz CT molecular complexity index is 835. The minimum absolute atomic E-state index is 0.0350. The maximum Gasteiger partial charge on any atom is 0.233 e. The molecule has 1 aliphatic heterocycles. The molecule has 2 N–H and O–H groups in total. The van der Waals surface area contributed by atoms with Crippen LogP contribution in [0.5, 0.6) is 0 Å². The molecular formula is C15H20N4O3S4. The van der Waals surface area contributed by atoms with Crippen molar-refractivity contribution in [1.82, 2.24) is 15.5 Å². The van der Waals surface area contributed by atoms with E-state index in [0.29, 0.717) is 10.8 Å². The molecule has 26 heavy (non-hydrogen) atoms. The molecule has 0 spiro atoms. The number of sulfone groups is 1. The molecule has 0 bridgehead atoms. The van der Waals surface area contributed by atoms with Crippen molar-refractivity contribution >= 4 is 55.3 Å². The third-order valence-electron chi connectivity index (χ3n) is 3.86. The van der Waals surface area contributed by atoms with Crippen LogP contribution in [-0.4, -0.2) is 53.9 Å². The summed E-state index contributed by atoms with van der Waals surface area (Å²) in [5, 5.41) is 16.7. The van der Waals surface area contributed by atoms with Crippen LogP contribution in [-0.2, 0) is 21.1 Å². The third-order valence-corrected chi connectivity index (χ3v) is 8.63. The van der Waals surface area contributed by atoms with Gasteiger partial charge in [-0.25, -0.2) is 8.42 Å². The third kappa shape index (κ3) is 5.66. The van der Waals surface area contributed by atoms with Crippen LogP contribution in [0, 0.1) is 0 Å². The lowest BCUT2D eigenvalue weighted by atomic mass is 10.2. The average molecular weight is 433 g/mol. The van der Waals surface area contributed by atoms with E-state index in [1.54, 1.807) is 18.3 Å². The molecule has 1 aliphatic rings. The largest absolute Gasteiger partial charge is 0.360 e. The van der Waals surface area contributed by atoms with Gasteiger partial charge in [0.15, 0.2) is 14.2 Å². The van der Waals surface area contributed by atoms with Crippen molar-refractivity contribution in [2.45, 2.75) is 35.4 Å². The molecule has 2 atom stereocenters. The van der Waals surface area contributed by atoms with E-state index in [9.17, 15) is 13.2 Å². The number of aromatic nitrogens is 2. The Labute approximate surface area is 164 Å². The lowest BCUT2D eigenvalue weighted by Crippen LogP contribution is -2.39. The zero-order chi connectivity index (χ0) is 18.6. The van der Waals surface area contributed by atoms with Gasteiger partial charge in [0.05, 0.1) is 16.8 Å². The summed E-state index contributed by atoms with van der Waals surface area (Å²) in [6.45, 7) is 2.57. The van der Waals surface area contributed by atoms with E-state index in [-0.39, 0.29) is 28.7 Å². The minimum Gasteiger partial charge on any atom is -0.360 e. The standard InChI is InChI=1S/C15H20N4O3S4/c1-10(13(20)17-11-5-8-26(21,22)9-11)24-15-19-18-14(25-15)16-6-4-12-3-2-7-23-12/h2-3,7,10-11H,4-6,8-9H2,1H3,(H,16,18)(H,17,20)/t10-,11-/m1/s1. The first-order chi connectivity index (χ1) is 12.4. The molecule has 0 unspecified atom stereocenters. The second-order valence-electron chi connectivity index (χ2n) is 6.00. The molecule has 0 aromatic carbocycles. The van der Waals surface area contributed by atoms with Gasteiger partial charge in [0, 0.05) is 17.5 Å². The number of rotatable bonds is 8. The van der Waals surface area contributed by atoms with Crippen LogP contribution < -0.4 is 10.6 Å². The summed E-state index contributed by atoms with van der Waals surface area (Å²) in [6.07, 6.45) is 1.42. The quantitative estimate of drug-likeness (QED) is 0.616. The molecule has 2 aromatic heterocycles. The second-order valence-corrected chi connectivity index (χ2v) is 11.8. The fourth-order valence-corrected chi connectivity index (χ4v) is 6.82. The van der Waals surface area contributed by atoms with Crippen molar-refractivity contribution in [2.24, 2.45) is 0 Å². The Morgan fingerprint density at radius 2 is 2.31 bits per heavy atom. The zero-order valence-corrected chi connectivity index (χ0v) is 17.4. The number of thiophene rings is 1. The van der Waals surface area contributed by atoms with E-state index >= 15 is 0 Å². The molecule has 3 heterocycles. The Hall–Kier alpha value is -1.17. The second kappa shape index (κ2) is 8.68. The molecule has 2 aromatic rings. The fraction of sp³-hybridized carbons (Fsp3) is 0.533. The Kier molecular flexibility index (Phi) is 6.54. The highest BCUT2D eigenvalue weighted by Crippen LogP contribution is 2.29. The molecule has 1 amide bonds. The Morgan fingerprint density at radius 3 is 3.00 bits per heavy atom. The predicted molar refractivity (Wildman–Crippen MR) is 107 cm³/mol. The van der Waals surface area contributed by atoms with Gasteiger partial charge in [-0.1, -0.05) is 29.2 Å². The van der Waals surface area contributed by atoms with Crippen molar-refractivity contribution in [1.29, 1.82) is 0 Å². The van der Waals surface area contributed by atoms with Crippen molar-refractivity contribution < 1.29 is 13.2 Å². The van der Waals surface area contributed by atoms with Gasteiger partial charge in [-0.05, 0) is 31.2 Å². The molecule has 0 radical (unpaired) electrons. The highest BCUT2D eigenvalue weighted by molar-refractivity contribution is 8.02. The summed E-state index contributed by atoms with van der Waals surface area (Å²) < 4.78 is 23.6. The zero-order valence-electron chi connectivity index (χ0n) is 14.2. The van der Waals surface area contributed by atoms with E-state index in [1.165, 1.54) is 28.0 Å². The number of anilines is 1. The normalized spacial score (nSPS) is 20.0. The Balaban J connectivity index is 1.43. The number of carbonyl (C=O) groups excluding carboxylic acids is 1. The van der Waals surface area contributed by atoms with Gasteiger partial charge in [0.1, 0.15) is 0 Å². The highest BCUT2D eigenvalue weighted by Gasteiger charge is 2.30. The van der Waals surface area contributed by atoms with Crippen LogP contribution in [0.25, 0.3) is 0 Å². The van der Waals surface area contributed by atoms with Gasteiger partial charge in [-0.15, -0.1) is 21.5 Å².